The highest BCUT2D eigenvalue weighted by Gasteiger charge is 2.38. The van der Waals surface area contributed by atoms with Crippen LogP contribution in [-0.4, -0.2) is 84.9 Å². The van der Waals surface area contributed by atoms with Crippen LogP contribution in [0.1, 0.15) is 33.1 Å². The van der Waals surface area contributed by atoms with Crippen molar-refractivity contribution >= 4 is 17.7 Å². The molecule has 7 nitrogen and oxygen atoms in total. The molecule has 3 fully saturated rings. The zero-order chi connectivity index (χ0) is 18.7. The molecule has 3 aliphatic heterocycles. The van der Waals surface area contributed by atoms with Crippen molar-refractivity contribution in [3.8, 4) is 0 Å². The van der Waals surface area contributed by atoms with Crippen LogP contribution in [0.15, 0.2) is 0 Å². The highest BCUT2D eigenvalue weighted by Crippen LogP contribution is 2.25. The second-order valence-corrected chi connectivity index (χ2v) is 8.06. The quantitative estimate of drug-likeness (QED) is 0.731. The Morgan fingerprint density at radius 2 is 1.73 bits per heavy atom. The minimum absolute atomic E-state index is 0.0404. The Bertz CT molecular complexity index is 537. The highest BCUT2D eigenvalue weighted by molar-refractivity contribution is 5.89. The fourth-order valence-electron chi connectivity index (χ4n) is 4.17. The summed E-state index contributed by atoms with van der Waals surface area (Å²) in [5.41, 5.74) is 0. The zero-order valence-electron chi connectivity index (χ0n) is 16.0. The van der Waals surface area contributed by atoms with Gasteiger partial charge in [-0.25, -0.2) is 0 Å². The average Bonchev–Trinajstić information content (AvgIpc) is 3.02. The van der Waals surface area contributed by atoms with Crippen molar-refractivity contribution in [1.82, 2.24) is 14.7 Å². The van der Waals surface area contributed by atoms with E-state index in [1.807, 2.05) is 28.5 Å². The molecular weight excluding hydrogens is 334 g/mol. The summed E-state index contributed by atoms with van der Waals surface area (Å²) in [4.78, 5) is 42.7. The molecule has 0 aromatic heterocycles. The van der Waals surface area contributed by atoms with Gasteiger partial charge in [0.05, 0.1) is 19.1 Å². The summed E-state index contributed by atoms with van der Waals surface area (Å²) < 4.78 is 5.30. The van der Waals surface area contributed by atoms with Gasteiger partial charge >= 0.3 is 0 Å². The van der Waals surface area contributed by atoms with E-state index in [1.165, 1.54) is 0 Å². The van der Waals surface area contributed by atoms with Gasteiger partial charge < -0.3 is 19.4 Å². The molecule has 3 heterocycles. The third-order valence-corrected chi connectivity index (χ3v) is 5.79. The number of carbonyl (C=O) groups is 3. The van der Waals surface area contributed by atoms with E-state index in [1.54, 1.807) is 0 Å². The molecule has 0 aliphatic carbocycles. The number of rotatable bonds is 4. The third-order valence-electron chi connectivity index (χ3n) is 5.79. The van der Waals surface area contributed by atoms with E-state index in [0.29, 0.717) is 45.2 Å². The largest absolute Gasteiger partial charge is 0.378 e. The second-order valence-electron chi connectivity index (χ2n) is 8.06. The molecule has 26 heavy (non-hydrogen) atoms. The maximum absolute atomic E-state index is 12.6. The molecule has 0 aromatic rings. The number of likely N-dealkylation sites (tertiary alicyclic amines) is 2. The fraction of sp³-hybridized carbons (Fsp3) is 0.842. The summed E-state index contributed by atoms with van der Waals surface area (Å²) in [7, 11) is 0. The van der Waals surface area contributed by atoms with Crippen molar-refractivity contribution in [3.05, 3.63) is 0 Å². The lowest BCUT2D eigenvalue weighted by Gasteiger charge is -2.35. The topological polar surface area (TPSA) is 70.2 Å². The number of amides is 3. The maximum atomic E-state index is 12.6. The first-order valence-corrected chi connectivity index (χ1v) is 9.88. The smallest absolute Gasteiger partial charge is 0.228 e. The fourth-order valence-corrected chi connectivity index (χ4v) is 4.17. The molecule has 1 unspecified atom stereocenters. The van der Waals surface area contributed by atoms with Gasteiger partial charge in [-0.1, -0.05) is 13.8 Å². The molecule has 0 aromatic carbocycles. The van der Waals surface area contributed by atoms with Crippen LogP contribution < -0.4 is 0 Å². The number of ether oxygens (including phenoxy) is 1. The molecule has 0 spiro atoms. The normalized spacial score (nSPS) is 25.3. The molecule has 3 amide bonds. The van der Waals surface area contributed by atoms with Gasteiger partial charge in [0.15, 0.2) is 0 Å². The molecular formula is C19H31N3O4. The second kappa shape index (κ2) is 8.37. The Morgan fingerprint density at radius 3 is 2.35 bits per heavy atom. The van der Waals surface area contributed by atoms with Crippen LogP contribution in [0.3, 0.4) is 0 Å². The average molecular weight is 365 g/mol. The van der Waals surface area contributed by atoms with Gasteiger partial charge in [0.2, 0.25) is 17.7 Å². The van der Waals surface area contributed by atoms with E-state index in [2.05, 4.69) is 0 Å². The van der Waals surface area contributed by atoms with Crippen LogP contribution in [-0.2, 0) is 19.1 Å². The van der Waals surface area contributed by atoms with E-state index in [0.717, 1.165) is 32.5 Å². The number of hydrogen-bond donors (Lipinski definition) is 0. The first-order valence-electron chi connectivity index (χ1n) is 9.88. The standard InChI is InChI=1S/C19H31N3O4/c1-14(2)18(24)20-5-3-15(4-6-20)12-22-13-16(11-17(22)23)19(25)21-7-9-26-10-8-21/h14-16H,3-13H2,1-2H3. The highest BCUT2D eigenvalue weighted by atomic mass is 16.5. The van der Waals surface area contributed by atoms with Crippen molar-refractivity contribution in [2.75, 3.05) is 52.5 Å². The SMILES string of the molecule is CC(C)C(=O)N1CCC(CN2CC(C(=O)N3CCOCC3)CC2=O)CC1. The van der Waals surface area contributed by atoms with E-state index in [4.69, 9.17) is 4.74 Å². The number of morpholine rings is 1. The van der Waals surface area contributed by atoms with E-state index in [-0.39, 0.29) is 29.6 Å². The summed E-state index contributed by atoms with van der Waals surface area (Å²) in [6, 6.07) is 0. The van der Waals surface area contributed by atoms with Gasteiger partial charge in [0, 0.05) is 51.6 Å². The molecule has 0 saturated carbocycles. The molecule has 7 heteroatoms. The Hall–Kier alpha value is -1.63. The minimum Gasteiger partial charge on any atom is -0.378 e. The summed E-state index contributed by atoms with van der Waals surface area (Å²) in [5, 5.41) is 0. The van der Waals surface area contributed by atoms with E-state index >= 15 is 0 Å². The molecule has 0 radical (unpaired) electrons. The molecule has 3 saturated heterocycles. The van der Waals surface area contributed by atoms with Crippen molar-refractivity contribution in [2.45, 2.75) is 33.1 Å². The van der Waals surface area contributed by atoms with Crippen LogP contribution in [0.25, 0.3) is 0 Å². The first kappa shape index (κ1) is 19.1. The molecule has 1 atom stereocenters. The van der Waals surface area contributed by atoms with Crippen LogP contribution >= 0.6 is 0 Å². The Balaban J connectivity index is 1.46. The van der Waals surface area contributed by atoms with Gasteiger partial charge in [-0.3, -0.25) is 14.4 Å². The summed E-state index contributed by atoms with van der Waals surface area (Å²) in [6.07, 6.45) is 2.20. The van der Waals surface area contributed by atoms with Gasteiger partial charge in [-0.15, -0.1) is 0 Å². The number of piperidine rings is 1. The van der Waals surface area contributed by atoms with Gasteiger partial charge in [-0.2, -0.15) is 0 Å². The van der Waals surface area contributed by atoms with Gasteiger partial charge in [-0.05, 0) is 18.8 Å². The zero-order valence-corrected chi connectivity index (χ0v) is 16.0. The Morgan fingerprint density at radius 1 is 1.08 bits per heavy atom. The third kappa shape index (κ3) is 4.37. The van der Waals surface area contributed by atoms with Crippen molar-refractivity contribution < 1.29 is 19.1 Å². The Labute approximate surface area is 155 Å². The molecule has 3 aliphatic rings. The van der Waals surface area contributed by atoms with Crippen LogP contribution in [0.5, 0.6) is 0 Å². The summed E-state index contributed by atoms with van der Waals surface area (Å²) in [6.45, 7) is 9.12. The number of nitrogens with zero attached hydrogens (tertiary/aromatic N) is 3. The van der Waals surface area contributed by atoms with Crippen molar-refractivity contribution in [1.29, 1.82) is 0 Å². The lowest BCUT2D eigenvalue weighted by molar-refractivity contribution is -0.139. The molecule has 0 bridgehead atoms. The predicted molar refractivity (Wildman–Crippen MR) is 96.2 cm³/mol. The maximum Gasteiger partial charge on any atom is 0.228 e. The summed E-state index contributed by atoms with van der Waals surface area (Å²) >= 11 is 0. The van der Waals surface area contributed by atoms with Crippen LogP contribution in [0.2, 0.25) is 0 Å². The van der Waals surface area contributed by atoms with E-state index < -0.39 is 0 Å². The van der Waals surface area contributed by atoms with Crippen LogP contribution in [0, 0.1) is 17.8 Å². The van der Waals surface area contributed by atoms with Crippen molar-refractivity contribution in [3.63, 3.8) is 0 Å². The Kier molecular flexibility index (Phi) is 6.16. The molecule has 0 N–H and O–H groups in total. The van der Waals surface area contributed by atoms with E-state index in [9.17, 15) is 14.4 Å². The number of hydrogen-bond acceptors (Lipinski definition) is 4. The minimum atomic E-state index is -0.205. The summed E-state index contributed by atoms with van der Waals surface area (Å²) in [5.74, 6) is 0.671. The van der Waals surface area contributed by atoms with Crippen LogP contribution in [0.4, 0.5) is 0 Å². The monoisotopic (exact) mass is 365 g/mol. The lowest BCUT2D eigenvalue weighted by Crippen LogP contribution is -2.45. The van der Waals surface area contributed by atoms with Crippen molar-refractivity contribution in [2.24, 2.45) is 17.8 Å². The predicted octanol–water partition coefficient (Wildman–Crippen LogP) is 0.588. The molecule has 3 rings (SSSR count). The lowest BCUT2D eigenvalue weighted by atomic mass is 9.95. The van der Waals surface area contributed by atoms with Gasteiger partial charge in [0.1, 0.15) is 0 Å². The number of carbonyl (C=O) groups excluding carboxylic acids is 3. The first-order chi connectivity index (χ1) is 12.5. The van der Waals surface area contributed by atoms with Gasteiger partial charge in [0.25, 0.3) is 0 Å². The molecule has 146 valence electrons.